The molecule has 0 heterocycles. The van der Waals surface area contributed by atoms with Crippen molar-refractivity contribution < 1.29 is 9.18 Å². The minimum absolute atomic E-state index is 0.179. The van der Waals surface area contributed by atoms with E-state index in [1.807, 2.05) is 0 Å². The van der Waals surface area contributed by atoms with Gasteiger partial charge < -0.3 is 16.4 Å². The predicted molar refractivity (Wildman–Crippen MR) is 65.0 cm³/mol. The summed E-state index contributed by atoms with van der Waals surface area (Å²) in [4.78, 5) is 11.2. The van der Waals surface area contributed by atoms with E-state index in [1.54, 1.807) is 13.0 Å². The minimum atomic E-state index is -0.486. The maximum absolute atomic E-state index is 13.5. The lowest BCUT2D eigenvalue weighted by molar-refractivity contribution is 0.252. The van der Waals surface area contributed by atoms with Crippen LogP contribution in [-0.4, -0.2) is 19.1 Å². The molecular formula is C12H14FN3O. The molecule has 4 N–H and O–H groups in total. The Balaban J connectivity index is 2.78. The first kappa shape index (κ1) is 13.0. The lowest BCUT2D eigenvalue weighted by Crippen LogP contribution is -2.28. The van der Waals surface area contributed by atoms with Crippen LogP contribution < -0.4 is 16.4 Å². The van der Waals surface area contributed by atoms with Gasteiger partial charge in [-0.1, -0.05) is 11.8 Å². The smallest absolute Gasteiger partial charge is 0.319 e. The van der Waals surface area contributed by atoms with E-state index in [4.69, 9.17) is 5.73 Å². The summed E-state index contributed by atoms with van der Waals surface area (Å²) in [7, 11) is 0. The summed E-state index contributed by atoms with van der Waals surface area (Å²) in [5, 5.41) is 5.05. The van der Waals surface area contributed by atoms with Gasteiger partial charge in [-0.15, -0.1) is 0 Å². The van der Waals surface area contributed by atoms with E-state index in [-0.39, 0.29) is 18.1 Å². The molecule has 0 aliphatic carbocycles. The van der Waals surface area contributed by atoms with Gasteiger partial charge in [0.2, 0.25) is 0 Å². The zero-order valence-corrected chi connectivity index (χ0v) is 9.51. The largest absolute Gasteiger partial charge is 0.338 e. The molecule has 2 amide bonds. The number of nitrogens with two attached hydrogens (primary N) is 1. The van der Waals surface area contributed by atoms with Crippen LogP contribution in [0.3, 0.4) is 0 Å². The summed E-state index contributed by atoms with van der Waals surface area (Å²) >= 11 is 0. The second-order valence-electron chi connectivity index (χ2n) is 3.18. The highest BCUT2D eigenvalue weighted by molar-refractivity contribution is 5.89. The third kappa shape index (κ3) is 4.13. The van der Waals surface area contributed by atoms with Crippen LogP contribution in [0.25, 0.3) is 0 Å². The Bertz CT molecular complexity index is 463. The van der Waals surface area contributed by atoms with Gasteiger partial charge in [-0.05, 0) is 25.1 Å². The quantitative estimate of drug-likeness (QED) is 0.676. The number of anilines is 1. The molecule has 0 fully saturated rings. The Morgan fingerprint density at radius 1 is 1.53 bits per heavy atom. The Morgan fingerprint density at radius 2 is 2.29 bits per heavy atom. The molecule has 5 heteroatoms. The second-order valence-corrected chi connectivity index (χ2v) is 3.18. The second kappa shape index (κ2) is 6.51. The first-order valence-corrected chi connectivity index (χ1v) is 5.20. The van der Waals surface area contributed by atoms with E-state index < -0.39 is 5.82 Å². The van der Waals surface area contributed by atoms with E-state index in [1.165, 1.54) is 12.1 Å². The summed E-state index contributed by atoms with van der Waals surface area (Å²) < 4.78 is 13.5. The van der Waals surface area contributed by atoms with Crippen LogP contribution in [-0.2, 0) is 0 Å². The molecule has 0 radical (unpaired) electrons. The average Bonchev–Trinajstić information content (AvgIpc) is 2.28. The molecule has 0 spiro atoms. The van der Waals surface area contributed by atoms with E-state index in [9.17, 15) is 9.18 Å². The fourth-order valence-corrected chi connectivity index (χ4v) is 1.18. The molecule has 0 bridgehead atoms. The zero-order valence-electron chi connectivity index (χ0n) is 9.51. The van der Waals surface area contributed by atoms with Crippen molar-refractivity contribution in [2.24, 2.45) is 5.73 Å². The number of hydrogen-bond acceptors (Lipinski definition) is 2. The molecule has 1 rings (SSSR count). The van der Waals surface area contributed by atoms with Gasteiger partial charge in [0.1, 0.15) is 5.82 Å². The van der Waals surface area contributed by atoms with E-state index in [0.29, 0.717) is 12.2 Å². The van der Waals surface area contributed by atoms with Crippen LogP contribution in [0.4, 0.5) is 14.9 Å². The molecule has 0 saturated carbocycles. The number of hydrogen-bond donors (Lipinski definition) is 3. The van der Waals surface area contributed by atoms with Crippen molar-refractivity contribution in [3.8, 4) is 11.8 Å². The predicted octanol–water partition coefficient (Wildman–Crippen LogP) is 1.28. The number of nitrogens with one attached hydrogen (secondary N) is 2. The monoisotopic (exact) mass is 235 g/mol. The number of rotatable bonds is 2. The molecule has 0 aliphatic rings. The molecule has 0 aliphatic heterocycles. The van der Waals surface area contributed by atoms with E-state index >= 15 is 0 Å². The van der Waals surface area contributed by atoms with Gasteiger partial charge in [0, 0.05) is 12.2 Å². The fraction of sp³-hybridized carbons (Fsp3) is 0.250. The third-order valence-electron chi connectivity index (χ3n) is 1.89. The van der Waals surface area contributed by atoms with Crippen molar-refractivity contribution in [1.82, 2.24) is 5.32 Å². The zero-order chi connectivity index (χ0) is 12.7. The Morgan fingerprint density at radius 3 is 2.88 bits per heavy atom. The van der Waals surface area contributed by atoms with Crippen molar-refractivity contribution in [1.29, 1.82) is 0 Å². The molecule has 17 heavy (non-hydrogen) atoms. The summed E-state index contributed by atoms with van der Waals surface area (Å²) in [6.07, 6.45) is 0. The maximum atomic E-state index is 13.5. The minimum Gasteiger partial charge on any atom is -0.338 e. The lowest BCUT2D eigenvalue weighted by atomic mass is 10.2. The van der Waals surface area contributed by atoms with E-state index in [0.717, 1.165) is 0 Å². The Labute approximate surface area is 99.4 Å². The fourth-order valence-electron chi connectivity index (χ4n) is 1.18. The Kier molecular flexibility index (Phi) is 4.98. The van der Waals surface area contributed by atoms with Gasteiger partial charge in [-0.3, -0.25) is 0 Å². The van der Waals surface area contributed by atoms with Gasteiger partial charge in [-0.2, -0.15) is 0 Å². The molecular weight excluding hydrogens is 221 g/mol. The maximum Gasteiger partial charge on any atom is 0.319 e. The van der Waals surface area contributed by atoms with Gasteiger partial charge in [0.15, 0.2) is 0 Å². The molecule has 1 aromatic carbocycles. The van der Waals surface area contributed by atoms with E-state index in [2.05, 4.69) is 22.5 Å². The molecule has 4 nitrogen and oxygen atoms in total. The SMILES string of the molecule is CCNC(=O)Nc1ccc(C#CCN)c(F)c1. The molecule has 0 saturated heterocycles. The molecule has 0 unspecified atom stereocenters. The van der Waals surface area contributed by atoms with Crippen molar-refractivity contribution in [2.45, 2.75) is 6.92 Å². The molecule has 0 atom stereocenters. The van der Waals surface area contributed by atoms with Crippen LogP contribution in [0.2, 0.25) is 0 Å². The van der Waals surface area contributed by atoms with Gasteiger partial charge in [-0.25, -0.2) is 9.18 Å². The van der Waals surface area contributed by atoms with Crippen molar-refractivity contribution in [3.63, 3.8) is 0 Å². The first-order valence-electron chi connectivity index (χ1n) is 5.20. The van der Waals surface area contributed by atoms with Crippen LogP contribution in [0.15, 0.2) is 18.2 Å². The van der Waals surface area contributed by atoms with Crippen LogP contribution >= 0.6 is 0 Å². The number of carbonyl (C=O) groups is 1. The van der Waals surface area contributed by atoms with Gasteiger partial charge in [0.05, 0.1) is 12.1 Å². The van der Waals surface area contributed by atoms with Crippen LogP contribution in [0.5, 0.6) is 0 Å². The molecule has 1 aromatic rings. The normalized spacial score (nSPS) is 9.12. The molecule has 0 aromatic heterocycles. The van der Waals surface area contributed by atoms with Crippen molar-refractivity contribution in [2.75, 3.05) is 18.4 Å². The summed E-state index contributed by atoms with van der Waals surface area (Å²) in [5.74, 6) is 4.68. The van der Waals surface area contributed by atoms with Gasteiger partial charge in [0.25, 0.3) is 0 Å². The highest BCUT2D eigenvalue weighted by atomic mass is 19.1. The molecule has 90 valence electrons. The Hall–Kier alpha value is -2.06. The summed E-state index contributed by atoms with van der Waals surface area (Å²) in [6.45, 7) is 2.48. The van der Waals surface area contributed by atoms with Crippen LogP contribution in [0.1, 0.15) is 12.5 Å². The van der Waals surface area contributed by atoms with Crippen molar-refractivity contribution in [3.05, 3.63) is 29.6 Å². The highest BCUT2D eigenvalue weighted by Gasteiger charge is 2.03. The van der Waals surface area contributed by atoms with Crippen LogP contribution in [0, 0.1) is 17.7 Å². The van der Waals surface area contributed by atoms with Crippen molar-refractivity contribution >= 4 is 11.7 Å². The lowest BCUT2D eigenvalue weighted by Gasteiger charge is -2.06. The summed E-state index contributed by atoms with van der Waals surface area (Å²) in [5.41, 5.74) is 5.84. The first-order chi connectivity index (χ1) is 8.17. The number of benzene rings is 1. The standard InChI is InChI=1S/C12H14FN3O/c1-2-15-12(17)16-10-6-5-9(4-3-7-14)11(13)8-10/h5-6,8H,2,7,14H2,1H3,(H2,15,16,17). The number of urea groups is 1. The number of halogens is 1. The third-order valence-corrected chi connectivity index (χ3v) is 1.89. The van der Waals surface area contributed by atoms with Gasteiger partial charge >= 0.3 is 6.03 Å². The average molecular weight is 235 g/mol. The summed E-state index contributed by atoms with van der Waals surface area (Å²) in [6, 6.07) is 3.93. The number of amides is 2. The number of carbonyl (C=O) groups excluding carboxylic acids is 1. The highest BCUT2D eigenvalue weighted by Crippen LogP contribution is 2.13. The topological polar surface area (TPSA) is 67.2 Å².